The van der Waals surface area contributed by atoms with E-state index in [2.05, 4.69) is 34.6 Å². The Balaban J connectivity index is 2.06. The molecule has 5 nitrogen and oxygen atoms in total. The molecule has 1 aliphatic rings. The highest BCUT2D eigenvalue weighted by molar-refractivity contribution is 5.90. The van der Waals surface area contributed by atoms with Crippen molar-refractivity contribution in [2.75, 3.05) is 23.4 Å². The summed E-state index contributed by atoms with van der Waals surface area (Å²) in [6.45, 7) is 8.82. The molecule has 1 unspecified atom stereocenters. The molecule has 5 heteroatoms. The SMILES string of the molecule is Cc1cc(N2CCCCC2C)ccc1NC(=O)NC(C)(C)CO. The standard InChI is InChI=1S/C18H29N3O2/c1-13-11-15(21-10-6-5-7-14(21)2)8-9-16(13)19-17(23)20-18(3,4)12-22/h8-9,11,14,22H,5-7,10,12H2,1-4H3,(H2,19,20,23). The summed E-state index contributed by atoms with van der Waals surface area (Å²) in [7, 11) is 0. The summed E-state index contributed by atoms with van der Waals surface area (Å²) < 4.78 is 0. The van der Waals surface area contributed by atoms with Crippen LogP contribution in [0.1, 0.15) is 45.6 Å². The summed E-state index contributed by atoms with van der Waals surface area (Å²) in [5, 5.41) is 14.8. The third-order valence-electron chi connectivity index (χ3n) is 4.44. The van der Waals surface area contributed by atoms with Gasteiger partial charge in [-0.1, -0.05) is 0 Å². The number of anilines is 2. The summed E-state index contributed by atoms with van der Waals surface area (Å²) in [6.07, 6.45) is 3.77. The molecule has 1 fully saturated rings. The molecule has 0 spiro atoms. The molecule has 0 bridgehead atoms. The Labute approximate surface area is 139 Å². The van der Waals surface area contributed by atoms with Crippen molar-refractivity contribution < 1.29 is 9.90 Å². The molecule has 0 saturated carbocycles. The van der Waals surface area contributed by atoms with Gasteiger partial charge in [-0.05, 0) is 70.7 Å². The highest BCUT2D eigenvalue weighted by atomic mass is 16.3. The first-order valence-electron chi connectivity index (χ1n) is 8.40. The molecular weight excluding hydrogens is 290 g/mol. The molecule has 1 aromatic carbocycles. The summed E-state index contributed by atoms with van der Waals surface area (Å²) in [5.74, 6) is 0. The summed E-state index contributed by atoms with van der Waals surface area (Å²) in [5.41, 5.74) is 2.42. The van der Waals surface area contributed by atoms with E-state index < -0.39 is 5.54 Å². The van der Waals surface area contributed by atoms with E-state index in [1.54, 1.807) is 13.8 Å². The zero-order valence-electron chi connectivity index (χ0n) is 14.6. The van der Waals surface area contributed by atoms with Gasteiger partial charge in [0, 0.05) is 24.0 Å². The fraction of sp³-hybridized carbons (Fsp3) is 0.611. The van der Waals surface area contributed by atoms with Crippen molar-refractivity contribution in [3.8, 4) is 0 Å². The Morgan fingerprint density at radius 1 is 1.39 bits per heavy atom. The number of amides is 2. The maximum absolute atomic E-state index is 12.0. The molecule has 1 heterocycles. The Kier molecular flexibility index (Phi) is 5.52. The largest absolute Gasteiger partial charge is 0.394 e. The van der Waals surface area contributed by atoms with Gasteiger partial charge in [0.25, 0.3) is 0 Å². The van der Waals surface area contributed by atoms with Gasteiger partial charge in [0.05, 0.1) is 12.1 Å². The van der Waals surface area contributed by atoms with E-state index in [1.807, 2.05) is 13.0 Å². The van der Waals surface area contributed by atoms with Crippen LogP contribution in [0.25, 0.3) is 0 Å². The van der Waals surface area contributed by atoms with Gasteiger partial charge in [-0.15, -0.1) is 0 Å². The van der Waals surface area contributed by atoms with Crippen LogP contribution < -0.4 is 15.5 Å². The second kappa shape index (κ2) is 7.21. The van der Waals surface area contributed by atoms with Gasteiger partial charge in [0.1, 0.15) is 0 Å². The number of aliphatic hydroxyl groups is 1. The van der Waals surface area contributed by atoms with Gasteiger partial charge in [0.2, 0.25) is 0 Å². The monoisotopic (exact) mass is 319 g/mol. The molecule has 0 aromatic heterocycles. The number of nitrogens with zero attached hydrogens (tertiary/aromatic N) is 1. The molecule has 3 N–H and O–H groups in total. The minimum absolute atomic E-state index is 0.106. The molecule has 2 amide bonds. The number of hydrogen-bond donors (Lipinski definition) is 3. The number of piperidine rings is 1. The number of rotatable bonds is 4. The Bertz CT molecular complexity index is 557. The number of carbonyl (C=O) groups excluding carboxylic acids is 1. The number of aryl methyl sites for hydroxylation is 1. The molecule has 1 aromatic rings. The number of nitrogens with one attached hydrogen (secondary N) is 2. The fourth-order valence-electron chi connectivity index (χ4n) is 2.95. The summed E-state index contributed by atoms with van der Waals surface area (Å²) in [6, 6.07) is 6.43. The minimum atomic E-state index is -0.638. The van der Waals surface area contributed by atoms with E-state index in [9.17, 15) is 9.90 Å². The van der Waals surface area contributed by atoms with Crippen molar-refractivity contribution >= 4 is 17.4 Å². The van der Waals surface area contributed by atoms with E-state index in [4.69, 9.17) is 0 Å². The molecule has 1 saturated heterocycles. The lowest BCUT2D eigenvalue weighted by Crippen LogP contribution is -2.48. The molecule has 0 radical (unpaired) electrons. The number of hydrogen-bond acceptors (Lipinski definition) is 3. The lowest BCUT2D eigenvalue weighted by Gasteiger charge is -2.35. The van der Waals surface area contributed by atoms with Gasteiger partial charge >= 0.3 is 6.03 Å². The van der Waals surface area contributed by atoms with Crippen molar-refractivity contribution in [1.82, 2.24) is 5.32 Å². The highest BCUT2D eigenvalue weighted by Gasteiger charge is 2.21. The van der Waals surface area contributed by atoms with E-state index in [0.717, 1.165) is 17.8 Å². The maximum atomic E-state index is 12.0. The van der Waals surface area contributed by atoms with Crippen LogP contribution in [-0.4, -0.2) is 35.9 Å². The Morgan fingerprint density at radius 2 is 2.13 bits per heavy atom. The molecule has 1 aliphatic heterocycles. The molecule has 1 atom stereocenters. The number of carbonyl (C=O) groups is 1. The number of aliphatic hydroxyl groups excluding tert-OH is 1. The van der Waals surface area contributed by atoms with Crippen LogP contribution in [0.15, 0.2) is 18.2 Å². The predicted octanol–water partition coefficient (Wildman–Crippen LogP) is 3.27. The van der Waals surface area contributed by atoms with Crippen molar-refractivity contribution in [1.29, 1.82) is 0 Å². The van der Waals surface area contributed by atoms with Gasteiger partial charge < -0.3 is 20.6 Å². The van der Waals surface area contributed by atoms with E-state index >= 15 is 0 Å². The maximum Gasteiger partial charge on any atom is 0.319 e. The lowest BCUT2D eigenvalue weighted by atomic mass is 10.0. The van der Waals surface area contributed by atoms with Crippen LogP contribution in [0.5, 0.6) is 0 Å². The van der Waals surface area contributed by atoms with Crippen molar-refractivity contribution in [3.05, 3.63) is 23.8 Å². The van der Waals surface area contributed by atoms with Crippen LogP contribution in [0.4, 0.5) is 16.2 Å². The average Bonchev–Trinajstić information content (AvgIpc) is 2.49. The quantitative estimate of drug-likeness (QED) is 0.798. The lowest BCUT2D eigenvalue weighted by molar-refractivity contribution is 0.187. The molecule has 128 valence electrons. The second-order valence-electron chi connectivity index (χ2n) is 7.16. The number of benzene rings is 1. The zero-order valence-corrected chi connectivity index (χ0v) is 14.6. The zero-order chi connectivity index (χ0) is 17.0. The third-order valence-corrected chi connectivity index (χ3v) is 4.44. The third kappa shape index (κ3) is 4.61. The minimum Gasteiger partial charge on any atom is -0.394 e. The normalized spacial score (nSPS) is 18.7. The topological polar surface area (TPSA) is 64.6 Å². The second-order valence-corrected chi connectivity index (χ2v) is 7.16. The number of urea groups is 1. The molecule has 23 heavy (non-hydrogen) atoms. The first-order valence-corrected chi connectivity index (χ1v) is 8.40. The Hall–Kier alpha value is -1.75. The smallest absolute Gasteiger partial charge is 0.319 e. The van der Waals surface area contributed by atoms with Gasteiger partial charge in [0.15, 0.2) is 0 Å². The summed E-state index contributed by atoms with van der Waals surface area (Å²) >= 11 is 0. The van der Waals surface area contributed by atoms with Gasteiger partial charge in [-0.25, -0.2) is 4.79 Å². The van der Waals surface area contributed by atoms with Crippen molar-refractivity contribution in [3.63, 3.8) is 0 Å². The molecule has 0 aliphatic carbocycles. The van der Waals surface area contributed by atoms with Crippen LogP contribution in [-0.2, 0) is 0 Å². The van der Waals surface area contributed by atoms with Crippen LogP contribution in [0.2, 0.25) is 0 Å². The van der Waals surface area contributed by atoms with E-state index in [0.29, 0.717) is 6.04 Å². The van der Waals surface area contributed by atoms with Crippen LogP contribution in [0.3, 0.4) is 0 Å². The predicted molar refractivity (Wildman–Crippen MR) is 95.2 cm³/mol. The fourth-order valence-corrected chi connectivity index (χ4v) is 2.95. The van der Waals surface area contributed by atoms with Gasteiger partial charge in [-0.2, -0.15) is 0 Å². The molecular formula is C18H29N3O2. The van der Waals surface area contributed by atoms with E-state index in [-0.39, 0.29) is 12.6 Å². The first kappa shape index (κ1) is 17.6. The van der Waals surface area contributed by atoms with E-state index in [1.165, 1.54) is 24.9 Å². The average molecular weight is 319 g/mol. The first-order chi connectivity index (χ1) is 10.8. The molecule has 2 rings (SSSR count). The van der Waals surface area contributed by atoms with Gasteiger partial charge in [-0.3, -0.25) is 0 Å². The Morgan fingerprint density at radius 3 is 2.74 bits per heavy atom. The van der Waals surface area contributed by atoms with Crippen LogP contribution in [0, 0.1) is 6.92 Å². The van der Waals surface area contributed by atoms with Crippen molar-refractivity contribution in [2.45, 2.75) is 58.5 Å². The summed E-state index contributed by atoms with van der Waals surface area (Å²) in [4.78, 5) is 14.5. The highest BCUT2D eigenvalue weighted by Crippen LogP contribution is 2.28. The van der Waals surface area contributed by atoms with Crippen molar-refractivity contribution in [2.24, 2.45) is 0 Å². The van der Waals surface area contributed by atoms with Crippen LogP contribution >= 0.6 is 0 Å².